The van der Waals surface area contributed by atoms with Crippen molar-refractivity contribution in [2.24, 2.45) is 5.92 Å². The van der Waals surface area contributed by atoms with Gasteiger partial charge in [-0.15, -0.1) is 0 Å². The number of rotatable bonds is 6. The van der Waals surface area contributed by atoms with E-state index in [-0.39, 0.29) is 23.8 Å². The number of carbonyl (C=O) groups excluding carboxylic acids is 2. The molecule has 0 fully saturated rings. The number of amides is 2. The van der Waals surface area contributed by atoms with Gasteiger partial charge in [-0.2, -0.15) is 0 Å². The third-order valence-corrected chi connectivity index (χ3v) is 2.36. The Balaban J connectivity index is 4.27. The van der Waals surface area contributed by atoms with Gasteiger partial charge in [-0.1, -0.05) is 13.8 Å². The van der Waals surface area contributed by atoms with E-state index in [1.165, 1.54) is 0 Å². The molecule has 0 aliphatic carbocycles. The molecule has 0 saturated carbocycles. The first-order chi connectivity index (χ1) is 7.43. The first-order valence-electron chi connectivity index (χ1n) is 5.69. The van der Waals surface area contributed by atoms with Crippen LogP contribution in [0.15, 0.2) is 0 Å². The van der Waals surface area contributed by atoms with Gasteiger partial charge in [-0.25, -0.2) is 0 Å². The van der Waals surface area contributed by atoms with E-state index < -0.39 is 6.04 Å². The maximum absolute atomic E-state index is 11.8. The summed E-state index contributed by atoms with van der Waals surface area (Å²) in [5.41, 5.74) is 0. The zero-order valence-electron chi connectivity index (χ0n) is 10.8. The number of carbonyl (C=O) groups is 2. The summed E-state index contributed by atoms with van der Waals surface area (Å²) in [6, 6.07) is -0.765. The summed E-state index contributed by atoms with van der Waals surface area (Å²) in [5.74, 6) is -0.114. The van der Waals surface area contributed by atoms with Gasteiger partial charge in [0, 0.05) is 6.54 Å². The molecule has 3 N–H and O–H groups in total. The van der Waals surface area contributed by atoms with Crippen LogP contribution in [-0.2, 0) is 9.59 Å². The summed E-state index contributed by atoms with van der Waals surface area (Å²) in [4.78, 5) is 23.2. The Labute approximate surface area is 97.4 Å². The Morgan fingerprint density at radius 3 is 2.06 bits per heavy atom. The van der Waals surface area contributed by atoms with Crippen molar-refractivity contribution in [3.63, 3.8) is 0 Å². The van der Waals surface area contributed by atoms with Gasteiger partial charge in [0.25, 0.3) is 0 Å². The highest BCUT2D eigenvalue weighted by Crippen LogP contribution is 2.01. The van der Waals surface area contributed by atoms with Crippen LogP contribution in [0.5, 0.6) is 0 Å². The fourth-order valence-corrected chi connectivity index (χ4v) is 1.46. The summed E-state index contributed by atoms with van der Waals surface area (Å²) in [6.07, 6.45) is 0. The summed E-state index contributed by atoms with van der Waals surface area (Å²) in [5, 5.41) is 8.28. The Kier molecular flexibility index (Phi) is 6.72. The molecule has 0 radical (unpaired) electrons. The predicted molar refractivity (Wildman–Crippen MR) is 64.0 cm³/mol. The lowest BCUT2D eigenvalue weighted by Crippen LogP contribution is -2.52. The minimum absolute atomic E-state index is 0.142. The standard InChI is InChI=1S/C11H23N3O2/c1-6-13-10(15)8(4)14-11(16)9(12-5)7(2)3/h7-9,12H,6H2,1-5H3,(H,13,15)(H,14,16)/t8-,9-/m0/s1. The molecule has 0 rings (SSSR count). The van der Waals surface area contributed by atoms with Crippen molar-refractivity contribution < 1.29 is 9.59 Å². The van der Waals surface area contributed by atoms with E-state index in [2.05, 4.69) is 16.0 Å². The molecule has 0 aliphatic heterocycles. The second-order valence-electron chi connectivity index (χ2n) is 4.14. The fraction of sp³-hybridized carbons (Fsp3) is 0.818. The third-order valence-electron chi connectivity index (χ3n) is 2.36. The van der Waals surface area contributed by atoms with E-state index in [0.717, 1.165) is 0 Å². The van der Waals surface area contributed by atoms with Crippen LogP contribution in [0, 0.1) is 5.92 Å². The van der Waals surface area contributed by atoms with Crippen molar-refractivity contribution in [1.82, 2.24) is 16.0 Å². The second-order valence-corrected chi connectivity index (χ2v) is 4.14. The Morgan fingerprint density at radius 1 is 1.12 bits per heavy atom. The molecule has 0 aromatic carbocycles. The predicted octanol–water partition coefficient (Wildman–Crippen LogP) is -0.129. The maximum Gasteiger partial charge on any atom is 0.242 e. The molecule has 2 atom stereocenters. The van der Waals surface area contributed by atoms with Crippen LogP contribution in [0.3, 0.4) is 0 Å². The van der Waals surface area contributed by atoms with Gasteiger partial charge in [0.2, 0.25) is 11.8 Å². The van der Waals surface area contributed by atoms with E-state index in [0.29, 0.717) is 6.54 Å². The van der Waals surface area contributed by atoms with Gasteiger partial charge in [0.1, 0.15) is 6.04 Å². The minimum atomic E-state index is -0.498. The van der Waals surface area contributed by atoms with Gasteiger partial charge in [-0.05, 0) is 26.8 Å². The van der Waals surface area contributed by atoms with Crippen LogP contribution < -0.4 is 16.0 Å². The summed E-state index contributed by atoms with van der Waals surface area (Å²) in [6.45, 7) is 8.00. The Morgan fingerprint density at radius 2 is 1.69 bits per heavy atom. The number of hydrogen-bond acceptors (Lipinski definition) is 3. The third kappa shape index (κ3) is 4.61. The van der Waals surface area contributed by atoms with Crippen LogP contribution in [0.4, 0.5) is 0 Å². The molecule has 94 valence electrons. The van der Waals surface area contributed by atoms with E-state index >= 15 is 0 Å². The normalized spacial score (nSPS) is 14.4. The average Bonchev–Trinajstić information content (AvgIpc) is 2.18. The molecule has 16 heavy (non-hydrogen) atoms. The number of nitrogens with one attached hydrogen (secondary N) is 3. The van der Waals surface area contributed by atoms with E-state index in [1.807, 2.05) is 20.8 Å². The highest BCUT2D eigenvalue weighted by molar-refractivity contribution is 5.89. The van der Waals surface area contributed by atoms with Crippen LogP contribution in [-0.4, -0.2) is 37.5 Å². The zero-order chi connectivity index (χ0) is 12.7. The monoisotopic (exact) mass is 229 g/mol. The van der Waals surface area contributed by atoms with Gasteiger partial charge in [-0.3, -0.25) is 9.59 Å². The van der Waals surface area contributed by atoms with Crippen molar-refractivity contribution >= 4 is 11.8 Å². The van der Waals surface area contributed by atoms with Crippen molar-refractivity contribution in [2.75, 3.05) is 13.6 Å². The largest absolute Gasteiger partial charge is 0.355 e. The number of likely N-dealkylation sites (N-methyl/N-ethyl adjacent to an activating group) is 2. The molecule has 0 saturated heterocycles. The summed E-state index contributed by atoms with van der Waals surface area (Å²) in [7, 11) is 1.74. The highest BCUT2D eigenvalue weighted by atomic mass is 16.2. The first-order valence-corrected chi connectivity index (χ1v) is 5.69. The molecule has 2 amide bonds. The van der Waals surface area contributed by atoms with E-state index in [9.17, 15) is 9.59 Å². The highest BCUT2D eigenvalue weighted by Gasteiger charge is 2.23. The van der Waals surface area contributed by atoms with Crippen molar-refractivity contribution in [3.8, 4) is 0 Å². The molecule has 0 heterocycles. The molecular weight excluding hydrogens is 206 g/mol. The van der Waals surface area contributed by atoms with Crippen molar-refractivity contribution in [1.29, 1.82) is 0 Å². The molecule has 5 heteroatoms. The molecule has 0 spiro atoms. The van der Waals surface area contributed by atoms with Gasteiger partial charge >= 0.3 is 0 Å². The van der Waals surface area contributed by atoms with Gasteiger partial charge < -0.3 is 16.0 Å². The average molecular weight is 229 g/mol. The van der Waals surface area contributed by atoms with E-state index in [1.54, 1.807) is 14.0 Å². The lowest BCUT2D eigenvalue weighted by Gasteiger charge is -2.21. The second kappa shape index (κ2) is 7.22. The lowest BCUT2D eigenvalue weighted by atomic mass is 10.0. The smallest absolute Gasteiger partial charge is 0.242 e. The van der Waals surface area contributed by atoms with Crippen LogP contribution in [0.1, 0.15) is 27.7 Å². The SMILES string of the molecule is CCNC(=O)[C@H](C)NC(=O)[C@@H](NC)C(C)C. The lowest BCUT2D eigenvalue weighted by molar-refractivity contribution is -0.130. The fourth-order valence-electron chi connectivity index (χ4n) is 1.46. The first kappa shape index (κ1) is 14.9. The molecular formula is C11H23N3O2. The van der Waals surface area contributed by atoms with Crippen LogP contribution >= 0.6 is 0 Å². The Hall–Kier alpha value is -1.10. The Bertz CT molecular complexity index is 241. The molecule has 5 nitrogen and oxygen atoms in total. The minimum Gasteiger partial charge on any atom is -0.355 e. The van der Waals surface area contributed by atoms with Gasteiger partial charge in [0.15, 0.2) is 0 Å². The molecule has 0 unspecified atom stereocenters. The van der Waals surface area contributed by atoms with E-state index in [4.69, 9.17) is 0 Å². The molecule has 0 aromatic heterocycles. The molecule has 0 aliphatic rings. The summed E-state index contributed by atoms with van der Waals surface area (Å²) < 4.78 is 0. The molecule has 0 aromatic rings. The van der Waals surface area contributed by atoms with Crippen LogP contribution in [0.25, 0.3) is 0 Å². The summed E-state index contributed by atoms with van der Waals surface area (Å²) >= 11 is 0. The topological polar surface area (TPSA) is 70.2 Å². The maximum atomic E-state index is 11.8. The van der Waals surface area contributed by atoms with Crippen molar-refractivity contribution in [3.05, 3.63) is 0 Å². The van der Waals surface area contributed by atoms with Gasteiger partial charge in [0.05, 0.1) is 6.04 Å². The quantitative estimate of drug-likeness (QED) is 0.594. The molecule has 0 bridgehead atoms. The van der Waals surface area contributed by atoms with Crippen LogP contribution in [0.2, 0.25) is 0 Å². The van der Waals surface area contributed by atoms with Crippen molar-refractivity contribution in [2.45, 2.75) is 39.8 Å². The number of hydrogen-bond donors (Lipinski definition) is 3. The zero-order valence-corrected chi connectivity index (χ0v) is 10.8.